The highest BCUT2D eigenvalue weighted by molar-refractivity contribution is 6.31. The van der Waals surface area contributed by atoms with Gasteiger partial charge in [-0.05, 0) is 17.7 Å². The van der Waals surface area contributed by atoms with E-state index in [1.165, 1.54) is 25.2 Å². The first kappa shape index (κ1) is 15.8. The molecule has 0 spiro atoms. The van der Waals surface area contributed by atoms with Crippen LogP contribution in [0.5, 0.6) is 0 Å². The fourth-order valence-electron chi connectivity index (χ4n) is 1.83. The highest BCUT2D eigenvalue weighted by Gasteiger charge is 2.22. The molecule has 0 aliphatic rings. The quantitative estimate of drug-likeness (QED) is 0.630. The Morgan fingerprint density at radius 1 is 1.27 bits per heavy atom. The lowest BCUT2D eigenvalue weighted by Gasteiger charge is -2.17. The van der Waals surface area contributed by atoms with Crippen molar-refractivity contribution in [3.05, 3.63) is 69.2 Å². The number of benzene rings is 2. The van der Waals surface area contributed by atoms with E-state index in [2.05, 4.69) is 0 Å². The standard InChI is InChI=1S/C15H13ClN2O4/c1-17(14-9-12(16)7-8-13(14)18(20)21)15(19)22-10-11-5-3-2-4-6-11/h2-9H,10H2,1H3. The van der Waals surface area contributed by atoms with Crippen LogP contribution in [0.1, 0.15) is 5.56 Å². The molecule has 0 unspecified atom stereocenters. The molecule has 0 fully saturated rings. The van der Waals surface area contributed by atoms with Crippen molar-refractivity contribution in [2.24, 2.45) is 0 Å². The molecule has 0 aromatic heterocycles. The number of ether oxygens (including phenoxy) is 1. The number of nitro benzene ring substituents is 1. The second-order valence-corrected chi connectivity index (χ2v) is 4.93. The van der Waals surface area contributed by atoms with Crippen LogP contribution in [0.15, 0.2) is 48.5 Å². The van der Waals surface area contributed by atoms with E-state index in [0.29, 0.717) is 5.02 Å². The van der Waals surface area contributed by atoms with Gasteiger partial charge in [-0.2, -0.15) is 0 Å². The van der Waals surface area contributed by atoms with Crippen molar-refractivity contribution < 1.29 is 14.5 Å². The van der Waals surface area contributed by atoms with E-state index < -0.39 is 11.0 Å². The molecule has 114 valence electrons. The third-order valence-electron chi connectivity index (χ3n) is 2.97. The zero-order chi connectivity index (χ0) is 16.1. The van der Waals surface area contributed by atoms with Gasteiger partial charge in [0.25, 0.3) is 5.69 Å². The van der Waals surface area contributed by atoms with Crippen LogP contribution in [0, 0.1) is 10.1 Å². The number of hydrogen-bond donors (Lipinski definition) is 0. The number of nitro groups is 1. The van der Waals surface area contributed by atoms with Gasteiger partial charge in [-0.15, -0.1) is 0 Å². The summed E-state index contributed by atoms with van der Waals surface area (Å²) in [6, 6.07) is 13.1. The van der Waals surface area contributed by atoms with Gasteiger partial charge in [0.05, 0.1) is 4.92 Å². The van der Waals surface area contributed by atoms with Crippen LogP contribution in [-0.4, -0.2) is 18.1 Å². The number of carbonyl (C=O) groups excluding carboxylic acids is 1. The van der Waals surface area contributed by atoms with E-state index in [0.717, 1.165) is 10.5 Å². The molecule has 0 aliphatic carbocycles. The van der Waals surface area contributed by atoms with E-state index >= 15 is 0 Å². The Morgan fingerprint density at radius 3 is 2.59 bits per heavy atom. The zero-order valence-electron chi connectivity index (χ0n) is 11.7. The summed E-state index contributed by atoms with van der Waals surface area (Å²) in [7, 11) is 1.39. The van der Waals surface area contributed by atoms with E-state index in [9.17, 15) is 14.9 Å². The Labute approximate surface area is 132 Å². The summed E-state index contributed by atoms with van der Waals surface area (Å²) in [4.78, 5) is 23.5. The second kappa shape index (κ2) is 6.91. The summed E-state index contributed by atoms with van der Waals surface area (Å²) >= 11 is 5.84. The fraction of sp³-hybridized carbons (Fsp3) is 0.133. The van der Waals surface area contributed by atoms with E-state index in [1.54, 1.807) is 0 Å². The van der Waals surface area contributed by atoms with Gasteiger partial charge in [0, 0.05) is 18.1 Å². The molecule has 0 saturated heterocycles. The molecule has 0 radical (unpaired) electrons. The maximum Gasteiger partial charge on any atom is 0.414 e. The van der Waals surface area contributed by atoms with Crippen LogP contribution in [0.2, 0.25) is 5.02 Å². The van der Waals surface area contributed by atoms with E-state index in [1.807, 2.05) is 30.3 Å². The molecule has 22 heavy (non-hydrogen) atoms. The summed E-state index contributed by atoms with van der Waals surface area (Å²) in [6.07, 6.45) is -0.700. The van der Waals surface area contributed by atoms with Crippen molar-refractivity contribution in [3.8, 4) is 0 Å². The van der Waals surface area contributed by atoms with Crippen molar-refractivity contribution in [1.82, 2.24) is 0 Å². The molecule has 0 atom stereocenters. The van der Waals surface area contributed by atoms with Gasteiger partial charge >= 0.3 is 6.09 Å². The minimum Gasteiger partial charge on any atom is -0.444 e. The number of halogens is 1. The Balaban J connectivity index is 2.13. The lowest BCUT2D eigenvalue weighted by atomic mass is 10.2. The SMILES string of the molecule is CN(C(=O)OCc1ccccc1)c1cc(Cl)ccc1[N+](=O)[O-]. The molecule has 1 amide bonds. The molecule has 2 rings (SSSR count). The van der Waals surface area contributed by atoms with E-state index in [-0.39, 0.29) is 18.0 Å². The molecular formula is C15H13ClN2O4. The lowest BCUT2D eigenvalue weighted by Crippen LogP contribution is -2.27. The highest BCUT2D eigenvalue weighted by Crippen LogP contribution is 2.30. The monoisotopic (exact) mass is 320 g/mol. The summed E-state index contributed by atoms with van der Waals surface area (Å²) < 4.78 is 5.14. The van der Waals surface area contributed by atoms with Gasteiger partial charge in [-0.3, -0.25) is 15.0 Å². The molecule has 0 bridgehead atoms. The molecule has 0 heterocycles. The van der Waals surface area contributed by atoms with Gasteiger partial charge in [0.2, 0.25) is 0 Å². The van der Waals surface area contributed by atoms with Gasteiger partial charge < -0.3 is 4.74 Å². The van der Waals surface area contributed by atoms with Crippen molar-refractivity contribution in [2.45, 2.75) is 6.61 Å². The van der Waals surface area contributed by atoms with Crippen LogP contribution < -0.4 is 4.90 Å². The Bertz CT molecular complexity index is 691. The predicted octanol–water partition coefficient (Wildman–Crippen LogP) is 4.02. The number of carbonyl (C=O) groups is 1. The smallest absolute Gasteiger partial charge is 0.414 e. The van der Waals surface area contributed by atoms with Gasteiger partial charge in [-0.25, -0.2) is 4.79 Å². The minimum absolute atomic E-state index is 0.0792. The highest BCUT2D eigenvalue weighted by atomic mass is 35.5. The third kappa shape index (κ3) is 3.73. The molecular weight excluding hydrogens is 308 g/mol. The number of hydrogen-bond acceptors (Lipinski definition) is 4. The lowest BCUT2D eigenvalue weighted by molar-refractivity contribution is -0.384. The normalized spacial score (nSPS) is 10.1. The average Bonchev–Trinajstić information content (AvgIpc) is 2.52. The van der Waals surface area contributed by atoms with Gasteiger partial charge in [-0.1, -0.05) is 41.9 Å². The molecule has 2 aromatic rings. The summed E-state index contributed by atoms with van der Waals surface area (Å²) in [5.41, 5.74) is 0.684. The Morgan fingerprint density at radius 2 is 1.95 bits per heavy atom. The third-order valence-corrected chi connectivity index (χ3v) is 3.21. The van der Waals surface area contributed by atoms with Crippen molar-refractivity contribution in [3.63, 3.8) is 0 Å². The molecule has 7 heteroatoms. The van der Waals surface area contributed by atoms with Crippen molar-refractivity contribution in [1.29, 1.82) is 0 Å². The molecule has 6 nitrogen and oxygen atoms in total. The van der Waals surface area contributed by atoms with Gasteiger partial charge in [0.15, 0.2) is 0 Å². The summed E-state index contributed by atoms with van der Waals surface area (Å²) in [5, 5.41) is 11.3. The first-order valence-corrected chi connectivity index (χ1v) is 6.75. The maximum atomic E-state index is 12.0. The first-order chi connectivity index (χ1) is 10.5. The molecule has 2 aromatic carbocycles. The van der Waals surface area contributed by atoms with Crippen molar-refractivity contribution in [2.75, 3.05) is 11.9 Å². The molecule has 0 saturated carbocycles. The van der Waals surface area contributed by atoms with E-state index in [4.69, 9.17) is 16.3 Å². The number of amides is 1. The summed E-state index contributed by atoms with van der Waals surface area (Å²) in [5.74, 6) is 0. The predicted molar refractivity (Wildman–Crippen MR) is 83.1 cm³/mol. The second-order valence-electron chi connectivity index (χ2n) is 4.49. The van der Waals surface area contributed by atoms with Crippen LogP contribution in [0.4, 0.5) is 16.2 Å². The number of rotatable bonds is 4. The number of nitrogens with zero attached hydrogens (tertiary/aromatic N) is 2. The summed E-state index contributed by atoms with van der Waals surface area (Å²) in [6.45, 7) is 0.0817. The maximum absolute atomic E-state index is 12.0. The largest absolute Gasteiger partial charge is 0.444 e. The van der Waals surface area contributed by atoms with Crippen LogP contribution >= 0.6 is 11.6 Å². The topological polar surface area (TPSA) is 72.7 Å². The van der Waals surface area contributed by atoms with Crippen LogP contribution in [0.3, 0.4) is 0 Å². The minimum atomic E-state index is -0.700. The average molecular weight is 321 g/mol. The van der Waals surface area contributed by atoms with Crippen molar-refractivity contribution >= 4 is 29.1 Å². The molecule has 0 N–H and O–H groups in total. The first-order valence-electron chi connectivity index (χ1n) is 6.37. The van der Waals surface area contributed by atoms with Crippen LogP contribution in [-0.2, 0) is 11.3 Å². The fourth-order valence-corrected chi connectivity index (χ4v) is 2.00. The molecule has 0 aliphatic heterocycles. The Hall–Kier alpha value is -2.60. The van der Waals surface area contributed by atoms with Gasteiger partial charge in [0.1, 0.15) is 12.3 Å². The van der Waals surface area contributed by atoms with Crippen LogP contribution in [0.25, 0.3) is 0 Å². The zero-order valence-corrected chi connectivity index (χ0v) is 12.5. The Kier molecular flexibility index (Phi) is 4.95. The number of anilines is 1.